The molecule has 4 rings (SSSR count). The number of carbonyl (C=O) groups excluding carboxylic acids is 1. The number of hydrogen-bond donors (Lipinski definition) is 2. The largest absolute Gasteiger partial charge is 0.315 e. The van der Waals surface area contributed by atoms with Crippen LogP contribution in [0.4, 0.5) is 5.13 Å². The van der Waals surface area contributed by atoms with Crippen molar-refractivity contribution in [1.29, 1.82) is 0 Å². The third-order valence-corrected chi connectivity index (χ3v) is 6.55. The van der Waals surface area contributed by atoms with Crippen LogP contribution in [-0.4, -0.2) is 48.0 Å². The molecule has 0 aliphatic carbocycles. The minimum absolute atomic E-state index is 0.0646. The summed E-state index contributed by atoms with van der Waals surface area (Å²) in [6.45, 7) is 4.13. The quantitative estimate of drug-likeness (QED) is 0.818. The average Bonchev–Trinajstić information content (AvgIpc) is 3.25. The molecule has 0 spiro atoms. The number of rotatable bonds is 3. The fourth-order valence-electron chi connectivity index (χ4n) is 3.68. The molecule has 2 saturated heterocycles. The average molecular weight is 409 g/mol. The number of piperidine rings is 1. The first-order chi connectivity index (χ1) is 11.7. The summed E-state index contributed by atoms with van der Waals surface area (Å²) in [6.07, 6.45) is 3.26. The van der Waals surface area contributed by atoms with E-state index in [9.17, 15) is 4.79 Å². The molecule has 128 valence electrons. The zero-order valence-electron chi connectivity index (χ0n) is 13.4. The summed E-state index contributed by atoms with van der Waals surface area (Å²) in [4.78, 5) is 19.7. The number of para-hydroxylation sites is 1. The Hall–Kier alpha value is -1.02. The number of halogens is 1. The van der Waals surface area contributed by atoms with Gasteiger partial charge >= 0.3 is 0 Å². The Morgan fingerprint density at radius 3 is 3.12 bits per heavy atom. The van der Waals surface area contributed by atoms with E-state index < -0.39 is 0 Å². The number of thiazole rings is 1. The van der Waals surface area contributed by atoms with E-state index in [-0.39, 0.29) is 11.8 Å². The lowest BCUT2D eigenvalue weighted by atomic mass is 9.95. The van der Waals surface area contributed by atoms with Crippen LogP contribution in [0.25, 0.3) is 10.2 Å². The van der Waals surface area contributed by atoms with Gasteiger partial charge in [-0.1, -0.05) is 17.4 Å². The van der Waals surface area contributed by atoms with Gasteiger partial charge in [-0.25, -0.2) is 4.98 Å². The molecule has 3 heterocycles. The van der Waals surface area contributed by atoms with Crippen LogP contribution in [0.1, 0.15) is 19.3 Å². The number of anilines is 1. The van der Waals surface area contributed by atoms with Crippen LogP contribution in [-0.2, 0) is 4.79 Å². The Morgan fingerprint density at radius 2 is 2.33 bits per heavy atom. The first-order valence-corrected chi connectivity index (χ1v) is 10.1. The second-order valence-electron chi connectivity index (χ2n) is 6.58. The summed E-state index contributed by atoms with van der Waals surface area (Å²) in [6, 6.07) is 6.59. The topological polar surface area (TPSA) is 57.3 Å². The second kappa shape index (κ2) is 7.07. The van der Waals surface area contributed by atoms with E-state index >= 15 is 0 Å². The molecule has 0 radical (unpaired) electrons. The molecule has 1 aromatic heterocycles. The molecule has 0 saturated carbocycles. The van der Waals surface area contributed by atoms with E-state index in [1.807, 2.05) is 18.2 Å². The third kappa shape index (κ3) is 3.35. The summed E-state index contributed by atoms with van der Waals surface area (Å²) in [5.74, 6) is 0.177. The Bertz CT molecular complexity index is 743. The lowest BCUT2D eigenvalue weighted by Gasteiger charge is -2.35. The predicted molar refractivity (Wildman–Crippen MR) is 102 cm³/mol. The Labute approximate surface area is 153 Å². The summed E-state index contributed by atoms with van der Waals surface area (Å²) >= 11 is 5.05. The van der Waals surface area contributed by atoms with Crippen molar-refractivity contribution in [2.75, 3.05) is 31.5 Å². The number of benzene rings is 1. The van der Waals surface area contributed by atoms with E-state index in [0.717, 1.165) is 53.7 Å². The molecule has 0 bridgehead atoms. The molecule has 7 heteroatoms. The number of hydrogen-bond acceptors (Lipinski definition) is 5. The zero-order valence-corrected chi connectivity index (χ0v) is 15.8. The van der Waals surface area contributed by atoms with E-state index in [4.69, 9.17) is 0 Å². The first-order valence-electron chi connectivity index (χ1n) is 8.51. The highest BCUT2D eigenvalue weighted by Crippen LogP contribution is 2.31. The number of nitrogens with zero attached hydrogens (tertiary/aromatic N) is 2. The maximum Gasteiger partial charge on any atom is 0.230 e. The fraction of sp³-hybridized carbons (Fsp3) is 0.529. The normalized spacial score (nSPS) is 25.2. The van der Waals surface area contributed by atoms with Gasteiger partial charge in [-0.3, -0.25) is 9.69 Å². The Balaban J connectivity index is 1.43. The molecule has 2 fully saturated rings. The number of carbonyl (C=O) groups is 1. The number of likely N-dealkylation sites (tertiary alicyclic amines) is 1. The van der Waals surface area contributed by atoms with Crippen molar-refractivity contribution in [3.63, 3.8) is 0 Å². The third-order valence-electron chi connectivity index (χ3n) is 4.97. The van der Waals surface area contributed by atoms with Gasteiger partial charge in [0.15, 0.2) is 5.13 Å². The van der Waals surface area contributed by atoms with Crippen molar-refractivity contribution in [2.24, 2.45) is 5.92 Å². The van der Waals surface area contributed by atoms with E-state index in [1.165, 1.54) is 17.8 Å². The van der Waals surface area contributed by atoms with Crippen molar-refractivity contribution in [1.82, 2.24) is 15.2 Å². The highest BCUT2D eigenvalue weighted by molar-refractivity contribution is 9.10. The minimum Gasteiger partial charge on any atom is -0.315 e. The van der Waals surface area contributed by atoms with Crippen molar-refractivity contribution in [2.45, 2.75) is 25.3 Å². The van der Waals surface area contributed by atoms with Gasteiger partial charge in [-0.15, -0.1) is 0 Å². The minimum atomic E-state index is 0.0646. The fourth-order valence-corrected chi connectivity index (χ4v) is 5.16. The van der Waals surface area contributed by atoms with Gasteiger partial charge < -0.3 is 10.6 Å². The summed E-state index contributed by atoms with van der Waals surface area (Å²) < 4.78 is 2.05. The summed E-state index contributed by atoms with van der Waals surface area (Å²) in [5.41, 5.74) is 0.917. The lowest BCUT2D eigenvalue weighted by molar-refractivity contribution is -0.121. The van der Waals surface area contributed by atoms with Crippen molar-refractivity contribution < 1.29 is 4.79 Å². The van der Waals surface area contributed by atoms with Crippen LogP contribution < -0.4 is 10.6 Å². The van der Waals surface area contributed by atoms with Crippen molar-refractivity contribution in [3.05, 3.63) is 22.7 Å². The second-order valence-corrected chi connectivity index (χ2v) is 8.46. The molecule has 2 atom stereocenters. The van der Waals surface area contributed by atoms with Crippen LogP contribution in [0.2, 0.25) is 0 Å². The zero-order chi connectivity index (χ0) is 16.5. The number of amides is 1. The van der Waals surface area contributed by atoms with E-state index in [1.54, 1.807) is 0 Å². The SMILES string of the molecule is O=C(Nc1nc2c(Br)cccc2s1)C1CCCN(C2CCNC2)C1. The van der Waals surface area contributed by atoms with Crippen LogP contribution in [0.5, 0.6) is 0 Å². The molecule has 1 amide bonds. The Morgan fingerprint density at radius 1 is 1.42 bits per heavy atom. The van der Waals surface area contributed by atoms with Crippen molar-refractivity contribution in [3.8, 4) is 0 Å². The molecule has 2 aliphatic heterocycles. The molecular formula is C17H21BrN4OS. The highest BCUT2D eigenvalue weighted by atomic mass is 79.9. The van der Waals surface area contributed by atoms with Crippen LogP contribution >= 0.6 is 27.3 Å². The number of nitrogens with one attached hydrogen (secondary N) is 2. The highest BCUT2D eigenvalue weighted by Gasteiger charge is 2.31. The van der Waals surface area contributed by atoms with E-state index in [0.29, 0.717) is 11.2 Å². The molecule has 1 aromatic carbocycles. The van der Waals surface area contributed by atoms with Gasteiger partial charge in [0.05, 0.1) is 16.1 Å². The smallest absolute Gasteiger partial charge is 0.230 e. The molecule has 2 aromatic rings. The Kier molecular flexibility index (Phi) is 4.85. The lowest BCUT2D eigenvalue weighted by Crippen LogP contribution is -2.46. The van der Waals surface area contributed by atoms with Crippen LogP contribution in [0.15, 0.2) is 22.7 Å². The van der Waals surface area contributed by atoms with Crippen LogP contribution in [0.3, 0.4) is 0 Å². The van der Waals surface area contributed by atoms with Gasteiger partial charge in [0.25, 0.3) is 0 Å². The predicted octanol–water partition coefficient (Wildman–Crippen LogP) is 3.07. The monoisotopic (exact) mass is 408 g/mol. The van der Waals surface area contributed by atoms with Gasteiger partial charge in [0.1, 0.15) is 0 Å². The van der Waals surface area contributed by atoms with Gasteiger partial charge in [-0.2, -0.15) is 0 Å². The molecular weight excluding hydrogens is 388 g/mol. The molecule has 5 nitrogen and oxygen atoms in total. The van der Waals surface area contributed by atoms with Crippen LogP contribution in [0, 0.1) is 5.92 Å². The van der Waals surface area contributed by atoms with Gasteiger partial charge in [0, 0.05) is 23.6 Å². The number of aromatic nitrogens is 1. The summed E-state index contributed by atoms with van der Waals surface area (Å²) in [7, 11) is 0. The standard InChI is InChI=1S/C17H21BrN4OS/c18-13-4-1-5-14-15(13)20-17(24-14)21-16(23)11-3-2-8-22(10-11)12-6-7-19-9-12/h1,4-5,11-12,19H,2-3,6-10H2,(H,20,21,23). The van der Waals surface area contributed by atoms with E-state index in [2.05, 4.69) is 36.4 Å². The number of fused-ring (bicyclic) bond motifs is 1. The summed E-state index contributed by atoms with van der Waals surface area (Å²) in [5, 5.41) is 7.16. The molecule has 2 N–H and O–H groups in total. The molecule has 2 unspecified atom stereocenters. The molecule has 24 heavy (non-hydrogen) atoms. The maximum atomic E-state index is 12.7. The molecule has 2 aliphatic rings. The first kappa shape index (κ1) is 16.4. The van der Waals surface area contributed by atoms with Crippen molar-refractivity contribution >= 4 is 48.5 Å². The van der Waals surface area contributed by atoms with Gasteiger partial charge in [0.2, 0.25) is 5.91 Å². The van der Waals surface area contributed by atoms with Gasteiger partial charge in [-0.05, 0) is 60.4 Å². The maximum absolute atomic E-state index is 12.7.